The van der Waals surface area contributed by atoms with Crippen molar-refractivity contribution in [3.63, 3.8) is 0 Å². The minimum Gasteiger partial charge on any atom is -0.345 e. The second-order valence-electron chi connectivity index (χ2n) is 7.05. The van der Waals surface area contributed by atoms with Gasteiger partial charge in [-0.25, -0.2) is 0 Å². The standard InChI is InChI=1S/C20H21F3N2O2/c1-3-12-9-13-8-11(2)4-5-14(13)16(10-12)24-18(26)15-6-7-17(20(21,22)23)25-19(15)27/h4-8,12,16H,3,9-10H2,1-2H3,(H,24,26)(H,25,27). The lowest BCUT2D eigenvalue weighted by molar-refractivity contribution is -0.141. The van der Waals surface area contributed by atoms with Crippen LogP contribution in [0.4, 0.5) is 13.2 Å². The summed E-state index contributed by atoms with van der Waals surface area (Å²) in [6.45, 7) is 4.09. The van der Waals surface area contributed by atoms with Gasteiger partial charge in [0.1, 0.15) is 11.3 Å². The molecule has 0 saturated carbocycles. The molecule has 1 amide bonds. The number of benzene rings is 1. The highest BCUT2D eigenvalue weighted by atomic mass is 19.4. The molecule has 27 heavy (non-hydrogen) atoms. The van der Waals surface area contributed by atoms with E-state index in [1.165, 1.54) is 5.56 Å². The number of nitrogens with one attached hydrogen (secondary N) is 2. The summed E-state index contributed by atoms with van der Waals surface area (Å²) in [5.74, 6) is -0.270. The van der Waals surface area contributed by atoms with Crippen molar-refractivity contribution in [1.82, 2.24) is 10.3 Å². The molecular weight excluding hydrogens is 357 g/mol. The number of aromatic amines is 1. The molecule has 1 aliphatic carbocycles. The van der Waals surface area contributed by atoms with Crippen LogP contribution in [-0.2, 0) is 12.6 Å². The number of hydrogen-bond donors (Lipinski definition) is 2. The Balaban J connectivity index is 1.87. The Morgan fingerprint density at radius 2 is 2.00 bits per heavy atom. The summed E-state index contributed by atoms with van der Waals surface area (Å²) in [5.41, 5.74) is 0.759. The molecule has 4 nitrogen and oxygen atoms in total. The number of pyridine rings is 1. The van der Waals surface area contributed by atoms with Crippen molar-refractivity contribution in [1.29, 1.82) is 0 Å². The van der Waals surface area contributed by atoms with Crippen molar-refractivity contribution in [3.8, 4) is 0 Å². The number of alkyl halides is 3. The van der Waals surface area contributed by atoms with Crippen LogP contribution in [0.1, 0.15) is 58.5 Å². The van der Waals surface area contributed by atoms with E-state index in [0.29, 0.717) is 12.0 Å². The SMILES string of the molecule is CCC1Cc2cc(C)ccc2C(NC(=O)c2ccc(C(F)(F)F)[nH]c2=O)C1. The molecular formula is C20H21F3N2O2. The van der Waals surface area contributed by atoms with E-state index < -0.39 is 23.3 Å². The molecule has 2 unspecified atom stereocenters. The monoisotopic (exact) mass is 378 g/mol. The van der Waals surface area contributed by atoms with Crippen LogP contribution in [0.25, 0.3) is 0 Å². The Morgan fingerprint density at radius 3 is 2.63 bits per heavy atom. The van der Waals surface area contributed by atoms with Crippen LogP contribution in [0, 0.1) is 12.8 Å². The van der Waals surface area contributed by atoms with Gasteiger partial charge in [-0.3, -0.25) is 9.59 Å². The van der Waals surface area contributed by atoms with Crippen molar-refractivity contribution in [2.24, 2.45) is 5.92 Å². The van der Waals surface area contributed by atoms with Crippen molar-refractivity contribution in [3.05, 3.63) is 68.6 Å². The zero-order valence-corrected chi connectivity index (χ0v) is 15.1. The van der Waals surface area contributed by atoms with Gasteiger partial charge >= 0.3 is 6.18 Å². The number of halogens is 3. The molecule has 1 aliphatic rings. The summed E-state index contributed by atoms with van der Waals surface area (Å²) in [5, 5.41) is 2.83. The Bertz CT molecular complexity index is 918. The number of H-pyrrole nitrogens is 1. The third-order valence-electron chi connectivity index (χ3n) is 5.09. The number of aryl methyl sites for hydroxylation is 1. The Hall–Kier alpha value is -2.57. The summed E-state index contributed by atoms with van der Waals surface area (Å²) in [4.78, 5) is 26.3. The molecule has 1 aromatic carbocycles. The van der Waals surface area contributed by atoms with Gasteiger partial charge in [-0.05, 0) is 48.9 Å². The Kier molecular flexibility index (Phi) is 5.13. The smallest absolute Gasteiger partial charge is 0.345 e. The molecule has 0 fully saturated rings. The summed E-state index contributed by atoms with van der Waals surface area (Å²) >= 11 is 0. The van der Waals surface area contributed by atoms with Gasteiger partial charge in [-0.15, -0.1) is 0 Å². The van der Waals surface area contributed by atoms with Crippen molar-refractivity contribution >= 4 is 5.91 Å². The molecule has 2 N–H and O–H groups in total. The molecule has 1 heterocycles. The molecule has 0 bridgehead atoms. The van der Waals surface area contributed by atoms with Crippen LogP contribution in [0.2, 0.25) is 0 Å². The minimum atomic E-state index is -4.66. The molecule has 2 atom stereocenters. The summed E-state index contributed by atoms with van der Waals surface area (Å²) in [6.07, 6.45) is -2.04. The molecule has 2 aromatic rings. The van der Waals surface area contributed by atoms with Crippen molar-refractivity contribution in [2.45, 2.75) is 45.3 Å². The Morgan fingerprint density at radius 1 is 1.26 bits per heavy atom. The topological polar surface area (TPSA) is 62.0 Å². The maximum absolute atomic E-state index is 12.7. The van der Waals surface area contributed by atoms with Gasteiger partial charge in [-0.2, -0.15) is 13.2 Å². The largest absolute Gasteiger partial charge is 0.431 e. The highest BCUT2D eigenvalue weighted by Crippen LogP contribution is 2.35. The van der Waals surface area contributed by atoms with Crippen molar-refractivity contribution in [2.75, 3.05) is 0 Å². The second kappa shape index (κ2) is 7.21. The normalized spacial score (nSPS) is 19.4. The molecule has 0 radical (unpaired) electrons. The zero-order chi connectivity index (χ0) is 19.8. The van der Waals surface area contributed by atoms with E-state index in [1.54, 1.807) is 4.98 Å². The second-order valence-corrected chi connectivity index (χ2v) is 7.05. The third kappa shape index (κ3) is 4.07. The predicted octanol–water partition coefficient (Wildman–Crippen LogP) is 4.15. The number of fused-ring (bicyclic) bond motifs is 1. The van der Waals surface area contributed by atoms with Gasteiger partial charge in [0.05, 0.1) is 6.04 Å². The summed E-state index contributed by atoms with van der Waals surface area (Å²) in [6, 6.07) is 7.40. The number of carbonyl (C=O) groups excluding carboxylic acids is 1. The van der Waals surface area contributed by atoms with Gasteiger partial charge in [0.25, 0.3) is 11.5 Å². The van der Waals surface area contributed by atoms with Crippen LogP contribution in [0.3, 0.4) is 0 Å². The van der Waals surface area contributed by atoms with E-state index in [9.17, 15) is 22.8 Å². The van der Waals surface area contributed by atoms with Crippen LogP contribution in [-0.4, -0.2) is 10.9 Å². The van der Waals surface area contributed by atoms with Gasteiger partial charge in [0, 0.05) is 0 Å². The van der Waals surface area contributed by atoms with E-state index in [-0.39, 0.29) is 11.6 Å². The van der Waals surface area contributed by atoms with Crippen molar-refractivity contribution < 1.29 is 18.0 Å². The molecule has 0 spiro atoms. The van der Waals surface area contributed by atoms with Gasteiger partial charge < -0.3 is 10.3 Å². The predicted molar refractivity (Wildman–Crippen MR) is 95.6 cm³/mol. The first-order valence-corrected chi connectivity index (χ1v) is 8.89. The number of aromatic nitrogens is 1. The molecule has 0 saturated heterocycles. The van der Waals surface area contributed by atoms with Gasteiger partial charge in [0.15, 0.2) is 0 Å². The van der Waals surface area contributed by atoms with Gasteiger partial charge in [0.2, 0.25) is 0 Å². The lowest BCUT2D eigenvalue weighted by Gasteiger charge is -2.32. The van der Waals surface area contributed by atoms with Crippen LogP contribution in [0.5, 0.6) is 0 Å². The highest BCUT2D eigenvalue weighted by molar-refractivity contribution is 5.94. The number of hydrogen-bond acceptors (Lipinski definition) is 2. The summed E-state index contributed by atoms with van der Waals surface area (Å²) < 4.78 is 38.0. The highest BCUT2D eigenvalue weighted by Gasteiger charge is 2.33. The average Bonchev–Trinajstić information content (AvgIpc) is 2.60. The first-order chi connectivity index (χ1) is 12.7. The number of rotatable bonds is 3. The zero-order valence-electron chi connectivity index (χ0n) is 15.1. The lowest BCUT2D eigenvalue weighted by Crippen LogP contribution is -2.36. The van der Waals surface area contributed by atoms with E-state index in [4.69, 9.17) is 0 Å². The quantitative estimate of drug-likeness (QED) is 0.843. The maximum atomic E-state index is 12.7. The first-order valence-electron chi connectivity index (χ1n) is 8.89. The number of carbonyl (C=O) groups is 1. The lowest BCUT2D eigenvalue weighted by atomic mass is 9.79. The average molecular weight is 378 g/mol. The van der Waals surface area contributed by atoms with Crippen LogP contribution >= 0.6 is 0 Å². The minimum absolute atomic E-state index is 0.270. The fourth-order valence-electron chi connectivity index (χ4n) is 3.61. The van der Waals surface area contributed by atoms with E-state index >= 15 is 0 Å². The maximum Gasteiger partial charge on any atom is 0.431 e. The van der Waals surface area contributed by atoms with Gasteiger partial charge in [-0.1, -0.05) is 37.1 Å². The first kappa shape index (κ1) is 19.2. The molecule has 1 aromatic heterocycles. The Labute approximate surface area is 154 Å². The summed E-state index contributed by atoms with van der Waals surface area (Å²) in [7, 11) is 0. The van der Waals surface area contributed by atoms with Crippen LogP contribution < -0.4 is 10.9 Å². The fraction of sp³-hybridized carbons (Fsp3) is 0.400. The van der Waals surface area contributed by atoms with Crippen LogP contribution in [0.15, 0.2) is 35.1 Å². The van der Waals surface area contributed by atoms with E-state index in [2.05, 4.69) is 18.3 Å². The third-order valence-corrected chi connectivity index (χ3v) is 5.09. The molecule has 3 rings (SSSR count). The molecule has 0 aliphatic heterocycles. The number of amides is 1. The molecule has 144 valence electrons. The molecule has 7 heteroatoms. The fourth-order valence-corrected chi connectivity index (χ4v) is 3.61. The van der Waals surface area contributed by atoms with E-state index in [0.717, 1.165) is 36.5 Å². The van der Waals surface area contributed by atoms with E-state index in [1.807, 2.05) is 19.1 Å².